The number of rotatable bonds is 4. The molecule has 3 aromatic rings. The Hall–Kier alpha value is -2.84. The third-order valence-electron chi connectivity index (χ3n) is 3.95. The summed E-state index contributed by atoms with van der Waals surface area (Å²) in [5.74, 6) is -0.0258. The van der Waals surface area contributed by atoms with Crippen molar-refractivity contribution in [3.05, 3.63) is 53.5 Å². The highest BCUT2D eigenvalue weighted by atomic mass is 32.2. The Balaban J connectivity index is 0.000000640. The van der Waals surface area contributed by atoms with Gasteiger partial charge in [-0.25, -0.2) is 9.37 Å². The van der Waals surface area contributed by atoms with E-state index < -0.39 is 10.8 Å². The molecule has 0 spiro atoms. The summed E-state index contributed by atoms with van der Waals surface area (Å²) in [5.41, 5.74) is 15.1. The number of fused-ring (bicyclic) bond motifs is 1. The summed E-state index contributed by atoms with van der Waals surface area (Å²) in [5, 5.41) is 18.3. The third kappa shape index (κ3) is 4.90. The smallest absolute Gasteiger partial charge is 0.131 e. The molecule has 0 saturated heterocycles. The van der Waals surface area contributed by atoms with Crippen LogP contribution in [0.15, 0.2) is 36.4 Å². The number of nitrogens with two attached hydrogens (primary N) is 2. The molecule has 0 aliphatic carbocycles. The minimum Gasteiger partial charge on any atom is -0.398 e. The molecule has 0 amide bonds. The van der Waals surface area contributed by atoms with E-state index >= 15 is 0 Å². The van der Waals surface area contributed by atoms with Crippen molar-refractivity contribution in [3.8, 4) is 11.1 Å². The van der Waals surface area contributed by atoms with E-state index in [1.807, 2.05) is 0 Å². The first-order valence-electron chi connectivity index (χ1n) is 8.42. The molecule has 0 fully saturated rings. The van der Waals surface area contributed by atoms with Gasteiger partial charge in [0.05, 0.1) is 5.69 Å². The van der Waals surface area contributed by atoms with Gasteiger partial charge in [-0.15, -0.1) is 0 Å². The van der Waals surface area contributed by atoms with Crippen molar-refractivity contribution in [1.29, 1.82) is 5.41 Å². The molecule has 8 heteroatoms. The maximum absolute atomic E-state index is 13.3. The van der Waals surface area contributed by atoms with Crippen molar-refractivity contribution in [3.63, 3.8) is 0 Å². The molecule has 0 radical (unpaired) electrons. The number of anilines is 2. The molecule has 6 nitrogen and oxygen atoms in total. The molecule has 0 atom stereocenters. The van der Waals surface area contributed by atoms with Gasteiger partial charge in [0, 0.05) is 64.8 Å². The van der Waals surface area contributed by atoms with Crippen molar-refractivity contribution in [1.82, 2.24) is 4.98 Å². The molecule has 1 heterocycles. The van der Waals surface area contributed by atoms with E-state index in [1.165, 1.54) is 18.3 Å². The zero-order valence-electron chi connectivity index (χ0n) is 15.7. The number of aliphatic hydroxyl groups is 1. The Bertz CT molecular complexity index is 1020. The molecule has 3 rings (SSSR count). The highest BCUT2D eigenvalue weighted by Crippen LogP contribution is 2.36. The number of aromatic nitrogens is 1. The van der Waals surface area contributed by atoms with Gasteiger partial charge < -0.3 is 22.0 Å². The van der Waals surface area contributed by atoms with Gasteiger partial charge >= 0.3 is 0 Å². The van der Waals surface area contributed by atoms with Gasteiger partial charge in [0.15, 0.2) is 0 Å². The van der Waals surface area contributed by atoms with Crippen LogP contribution in [0.25, 0.3) is 21.9 Å². The summed E-state index contributed by atoms with van der Waals surface area (Å²) in [4.78, 5) is 4.40. The number of benzene rings is 2. The Morgan fingerprint density at radius 2 is 1.79 bits per heavy atom. The fourth-order valence-electron chi connectivity index (χ4n) is 2.82. The minimum absolute atomic E-state index is 0.0848. The average Bonchev–Trinajstić information content (AvgIpc) is 2.63. The van der Waals surface area contributed by atoms with Crippen LogP contribution in [0.5, 0.6) is 0 Å². The van der Waals surface area contributed by atoms with E-state index in [0.717, 1.165) is 16.5 Å². The van der Waals surface area contributed by atoms with Crippen molar-refractivity contribution >= 4 is 39.3 Å². The van der Waals surface area contributed by atoms with Crippen LogP contribution < -0.4 is 11.5 Å². The zero-order chi connectivity index (χ0) is 20.8. The van der Waals surface area contributed by atoms with Crippen LogP contribution in [0.1, 0.15) is 11.3 Å². The number of halogens is 1. The lowest BCUT2D eigenvalue weighted by atomic mass is 9.94. The van der Waals surface area contributed by atoms with Crippen molar-refractivity contribution < 1.29 is 13.7 Å². The highest BCUT2D eigenvalue weighted by Gasteiger charge is 2.16. The number of nitrogens with zero attached hydrogens (tertiary/aromatic N) is 1. The number of nitrogen functional groups attached to an aromatic ring is 2. The molecule has 1 aromatic heterocycles. The van der Waals surface area contributed by atoms with Gasteiger partial charge in [-0.1, -0.05) is 12.1 Å². The molecular formula is C20H23FN4O2S. The third-order valence-corrected chi connectivity index (χ3v) is 3.95. The van der Waals surface area contributed by atoms with Crippen LogP contribution in [0, 0.1) is 11.2 Å². The topological polar surface area (TPSA) is 126 Å². The molecule has 2 aromatic carbocycles. The number of hydrogen-bond acceptors (Lipinski definition) is 6. The summed E-state index contributed by atoms with van der Waals surface area (Å²) in [6.07, 6.45) is 4.77. The van der Waals surface area contributed by atoms with Crippen LogP contribution in [0.3, 0.4) is 0 Å². The Morgan fingerprint density at radius 1 is 1.18 bits per heavy atom. The first kappa shape index (κ1) is 21.5. The number of aliphatic hydroxyl groups excluding tert-OH is 1. The number of hydrogen-bond donors (Lipinski definition) is 4. The molecular weight excluding hydrogens is 379 g/mol. The van der Waals surface area contributed by atoms with E-state index in [9.17, 15) is 13.7 Å². The molecule has 0 bridgehead atoms. The Kier molecular flexibility index (Phi) is 7.19. The largest absolute Gasteiger partial charge is 0.398 e. The first-order chi connectivity index (χ1) is 13.3. The fraction of sp³-hybridized carbons (Fsp3) is 0.200. The average molecular weight is 402 g/mol. The van der Waals surface area contributed by atoms with Gasteiger partial charge in [0.2, 0.25) is 0 Å². The van der Waals surface area contributed by atoms with Crippen LogP contribution >= 0.6 is 0 Å². The maximum atomic E-state index is 13.3. The zero-order valence-corrected chi connectivity index (χ0v) is 16.5. The Labute approximate surface area is 165 Å². The summed E-state index contributed by atoms with van der Waals surface area (Å²) >= 11 is 0. The van der Waals surface area contributed by atoms with E-state index in [1.54, 1.807) is 36.8 Å². The summed E-state index contributed by atoms with van der Waals surface area (Å²) in [6.45, 7) is -0.0848. The summed E-state index contributed by atoms with van der Waals surface area (Å²) in [6, 6.07) is 9.51. The Morgan fingerprint density at radius 3 is 2.32 bits per heavy atom. The van der Waals surface area contributed by atoms with Crippen molar-refractivity contribution in [2.75, 3.05) is 30.6 Å². The van der Waals surface area contributed by atoms with Gasteiger partial charge in [0.1, 0.15) is 11.6 Å². The van der Waals surface area contributed by atoms with E-state index in [4.69, 9.17) is 16.9 Å². The molecule has 0 unspecified atom stereocenters. The number of pyridine rings is 1. The fourth-order valence-corrected chi connectivity index (χ4v) is 2.82. The molecule has 0 aliphatic heterocycles. The molecule has 148 valence electrons. The summed E-state index contributed by atoms with van der Waals surface area (Å²) < 4.78 is 22.8. The van der Waals surface area contributed by atoms with Crippen LogP contribution in [0.2, 0.25) is 0 Å². The lowest BCUT2D eigenvalue weighted by Gasteiger charge is -2.15. The first-order valence-corrected chi connectivity index (χ1v) is 10.4. The summed E-state index contributed by atoms with van der Waals surface area (Å²) in [7, 11) is -0.611. The monoisotopic (exact) mass is 402 g/mol. The molecule has 0 saturated carbocycles. The lowest BCUT2D eigenvalue weighted by molar-refractivity contribution is 0.298. The van der Waals surface area contributed by atoms with Crippen LogP contribution in [0.4, 0.5) is 15.9 Å². The second kappa shape index (κ2) is 9.38. The van der Waals surface area contributed by atoms with Gasteiger partial charge in [-0.2, -0.15) is 0 Å². The molecule has 28 heavy (non-hydrogen) atoms. The van der Waals surface area contributed by atoms with E-state index in [0.29, 0.717) is 34.6 Å². The predicted molar refractivity (Wildman–Crippen MR) is 115 cm³/mol. The second-order valence-corrected chi connectivity index (χ2v) is 7.70. The molecule has 6 N–H and O–H groups in total. The van der Waals surface area contributed by atoms with Crippen LogP contribution in [-0.4, -0.2) is 39.6 Å². The predicted octanol–water partition coefficient (Wildman–Crippen LogP) is 2.73. The minimum atomic E-state index is -0.611. The highest BCUT2D eigenvalue weighted by molar-refractivity contribution is 7.83. The second-order valence-electron chi connectivity index (χ2n) is 6.21. The van der Waals surface area contributed by atoms with Crippen LogP contribution in [-0.2, 0) is 17.2 Å². The van der Waals surface area contributed by atoms with Gasteiger partial charge in [-0.05, 0) is 35.2 Å². The maximum Gasteiger partial charge on any atom is 0.131 e. The van der Waals surface area contributed by atoms with E-state index in [2.05, 4.69) is 4.98 Å². The lowest BCUT2D eigenvalue weighted by Crippen LogP contribution is -2.05. The molecule has 0 aliphatic rings. The normalized spacial score (nSPS) is 10.6. The SMILES string of the molecule is CS(C)=O.N=Cc1cc2c(-c3ccc(F)cc3)c(CCO)nc(N)c2cc1N. The standard InChI is InChI=1S/C18H17FN4O.C2H6OS/c19-12-3-1-10(2-4-12)17-13-7-11(9-20)15(21)8-14(13)18(22)23-16(17)5-6-24;1-4(2)3/h1-4,7-9,20,24H,5-6,21H2,(H2,22,23);1-2H3. The number of nitrogens with one attached hydrogen (secondary N) is 1. The van der Waals surface area contributed by atoms with Crippen molar-refractivity contribution in [2.45, 2.75) is 6.42 Å². The van der Waals surface area contributed by atoms with Gasteiger partial charge in [-0.3, -0.25) is 4.21 Å². The van der Waals surface area contributed by atoms with Gasteiger partial charge in [0.25, 0.3) is 0 Å². The van der Waals surface area contributed by atoms with Crippen molar-refractivity contribution in [2.24, 2.45) is 0 Å². The van der Waals surface area contributed by atoms with E-state index in [-0.39, 0.29) is 12.4 Å². The quantitative estimate of drug-likeness (QED) is 0.394.